The van der Waals surface area contributed by atoms with Gasteiger partial charge in [-0.3, -0.25) is 4.79 Å². The Hall–Kier alpha value is -2.23. The summed E-state index contributed by atoms with van der Waals surface area (Å²) in [6.07, 6.45) is 15.5. The highest BCUT2D eigenvalue weighted by Gasteiger charge is 2.58. The Kier molecular flexibility index (Phi) is 9.26. The van der Waals surface area contributed by atoms with E-state index < -0.39 is 8.32 Å². The van der Waals surface area contributed by atoms with Crippen LogP contribution in [-0.4, -0.2) is 20.2 Å². The molecule has 0 unspecified atom stereocenters. The summed E-state index contributed by atoms with van der Waals surface area (Å²) in [6.45, 7) is 19.0. The van der Waals surface area contributed by atoms with E-state index in [-0.39, 0.29) is 27.9 Å². The summed E-state index contributed by atoms with van der Waals surface area (Å²) in [4.78, 5) is 13.3. The largest absolute Gasteiger partial charge is 0.404 e. The molecule has 2 aromatic rings. The van der Waals surface area contributed by atoms with Crippen LogP contribution in [0.2, 0.25) is 5.04 Å². The highest BCUT2D eigenvalue weighted by Crippen LogP contribution is 2.66. The molecular weight excluding hydrogens is 577 g/mol. The molecule has 0 N–H and O–H groups in total. The first-order valence-electron chi connectivity index (χ1n) is 18.5. The van der Waals surface area contributed by atoms with Gasteiger partial charge >= 0.3 is 0 Å². The number of allylic oxidation sites excluding steroid dienone is 3. The molecule has 46 heavy (non-hydrogen) atoms. The summed E-state index contributed by atoms with van der Waals surface area (Å²) in [5, 5.41) is 2.76. The van der Waals surface area contributed by atoms with E-state index in [1.807, 2.05) is 0 Å². The molecule has 0 spiro atoms. The van der Waals surface area contributed by atoms with Crippen molar-refractivity contribution in [2.75, 3.05) is 0 Å². The number of rotatable bonds is 9. The average molecular weight is 637 g/mol. The van der Waals surface area contributed by atoms with Crippen LogP contribution in [0.15, 0.2) is 84.0 Å². The molecule has 0 saturated heterocycles. The Balaban J connectivity index is 1.24. The number of ketones is 1. The summed E-state index contributed by atoms with van der Waals surface area (Å²) < 4.78 is 7.69. The van der Waals surface area contributed by atoms with E-state index in [2.05, 4.69) is 128 Å². The molecule has 0 amide bonds. The van der Waals surface area contributed by atoms with Gasteiger partial charge in [0.05, 0.1) is 0 Å². The van der Waals surface area contributed by atoms with Crippen LogP contribution in [0.1, 0.15) is 113 Å². The fourth-order valence-electron chi connectivity index (χ4n) is 10.8. The second kappa shape index (κ2) is 12.7. The van der Waals surface area contributed by atoms with Gasteiger partial charge in [0.25, 0.3) is 8.32 Å². The van der Waals surface area contributed by atoms with Crippen LogP contribution >= 0.6 is 0 Å². The summed E-state index contributed by atoms with van der Waals surface area (Å²) in [6, 6.07) is 22.3. The first-order valence-corrected chi connectivity index (χ1v) is 20.4. The smallest absolute Gasteiger partial charge is 0.261 e. The van der Waals surface area contributed by atoms with Gasteiger partial charge in [-0.2, -0.15) is 0 Å². The third-order valence-electron chi connectivity index (χ3n) is 13.4. The summed E-state index contributed by atoms with van der Waals surface area (Å²) in [5.41, 5.74) is 3.60. The first kappa shape index (κ1) is 33.7. The van der Waals surface area contributed by atoms with Crippen LogP contribution in [0.25, 0.3) is 0 Å². The minimum Gasteiger partial charge on any atom is -0.404 e. The molecule has 2 fully saturated rings. The lowest BCUT2D eigenvalue weighted by Crippen LogP contribution is -2.68. The van der Waals surface area contributed by atoms with E-state index in [1.165, 1.54) is 41.6 Å². The van der Waals surface area contributed by atoms with Crippen molar-refractivity contribution in [3.63, 3.8) is 0 Å². The SMILES string of the molecule is CC(C)CCC(=O)[C@@H](C)C1=CC[C@H]2[C@@H]3CC=C4C[C@@H](O[Si](c5ccccc5)(c5ccccc5)C(C)(C)C)CC[C@]4(C)[C@H]3CC[C@]12C. The highest BCUT2D eigenvalue weighted by molar-refractivity contribution is 6.99. The maximum absolute atomic E-state index is 13.3. The van der Waals surface area contributed by atoms with Crippen LogP contribution in [-0.2, 0) is 9.22 Å². The Bertz CT molecular complexity index is 1410. The third-order valence-corrected chi connectivity index (χ3v) is 18.5. The maximum atomic E-state index is 13.3. The van der Waals surface area contributed by atoms with Crippen molar-refractivity contribution in [3.8, 4) is 0 Å². The number of hydrogen-bond donors (Lipinski definition) is 0. The van der Waals surface area contributed by atoms with Crippen molar-refractivity contribution in [1.82, 2.24) is 0 Å². The van der Waals surface area contributed by atoms with Crippen molar-refractivity contribution < 1.29 is 9.22 Å². The van der Waals surface area contributed by atoms with Crippen LogP contribution in [0.3, 0.4) is 0 Å². The van der Waals surface area contributed by atoms with Crippen molar-refractivity contribution in [1.29, 1.82) is 0 Å². The molecule has 6 rings (SSSR count). The summed E-state index contributed by atoms with van der Waals surface area (Å²) >= 11 is 0. The number of carbonyl (C=O) groups is 1. The fraction of sp³-hybridized carbons (Fsp3) is 0.605. The monoisotopic (exact) mass is 636 g/mol. The van der Waals surface area contributed by atoms with Crippen molar-refractivity contribution in [2.45, 2.75) is 124 Å². The van der Waals surface area contributed by atoms with Gasteiger partial charge in [-0.25, -0.2) is 0 Å². The molecular formula is C43H60O2Si. The lowest BCUT2D eigenvalue weighted by molar-refractivity contribution is -0.122. The topological polar surface area (TPSA) is 26.3 Å². The Morgan fingerprint density at radius 1 is 0.848 bits per heavy atom. The fourth-order valence-corrected chi connectivity index (χ4v) is 15.5. The lowest BCUT2D eigenvalue weighted by atomic mass is 9.47. The van der Waals surface area contributed by atoms with E-state index in [0.29, 0.717) is 23.5 Å². The van der Waals surface area contributed by atoms with E-state index in [4.69, 9.17) is 4.43 Å². The summed E-state index contributed by atoms with van der Waals surface area (Å²) in [7, 11) is -2.58. The average Bonchev–Trinajstić information content (AvgIpc) is 3.39. The predicted molar refractivity (Wildman–Crippen MR) is 196 cm³/mol. The molecule has 2 nitrogen and oxygen atoms in total. The van der Waals surface area contributed by atoms with Gasteiger partial charge in [0.2, 0.25) is 0 Å². The molecule has 7 atom stereocenters. The highest BCUT2D eigenvalue weighted by atomic mass is 28.4. The minimum atomic E-state index is -2.58. The van der Waals surface area contributed by atoms with E-state index >= 15 is 0 Å². The maximum Gasteiger partial charge on any atom is 0.261 e. The quantitative estimate of drug-likeness (QED) is 0.202. The van der Waals surface area contributed by atoms with Gasteiger partial charge in [0.1, 0.15) is 5.78 Å². The van der Waals surface area contributed by atoms with Crippen molar-refractivity contribution in [3.05, 3.63) is 84.0 Å². The van der Waals surface area contributed by atoms with Gasteiger partial charge in [-0.15, -0.1) is 0 Å². The summed E-state index contributed by atoms with van der Waals surface area (Å²) in [5.74, 6) is 3.24. The van der Waals surface area contributed by atoms with Crippen LogP contribution in [0, 0.1) is 40.4 Å². The molecule has 2 aromatic carbocycles. The molecule has 3 heteroatoms. The molecule has 0 radical (unpaired) electrons. The number of benzene rings is 2. The molecule has 4 aliphatic carbocycles. The van der Waals surface area contributed by atoms with Crippen molar-refractivity contribution >= 4 is 24.5 Å². The zero-order valence-corrected chi connectivity index (χ0v) is 31.1. The van der Waals surface area contributed by atoms with Gasteiger partial charge in [-0.1, -0.05) is 139 Å². The zero-order valence-electron chi connectivity index (χ0n) is 30.1. The minimum absolute atomic E-state index is 0.00316. The molecule has 0 aliphatic heterocycles. The second-order valence-corrected chi connectivity index (χ2v) is 21.6. The Labute approximate surface area is 281 Å². The Morgan fingerprint density at radius 2 is 1.46 bits per heavy atom. The zero-order chi connectivity index (χ0) is 32.9. The molecule has 248 valence electrons. The van der Waals surface area contributed by atoms with Crippen LogP contribution in [0.5, 0.6) is 0 Å². The van der Waals surface area contributed by atoms with Gasteiger partial charge < -0.3 is 4.43 Å². The van der Waals surface area contributed by atoms with E-state index in [0.717, 1.165) is 38.0 Å². The molecule has 2 saturated carbocycles. The standard InChI is InChI=1S/C43H60O2Si/c1-30(2)19-24-40(44)31(3)37-22-23-38-36-21-20-32-29-33(25-27-42(32,7)39(36)26-28-43(37,38)8)45-46(41(4,5)6,34-15-11-9-12-16-34)35-17-13-10-14-18-35/h9-18,20,22,30-31,33,36,38-39H,19,21,23-29H2,1-8H3/t31-,33-,36-,38-,39-,42-,43+/m0/s1. The van der Waals surface area contributed by atoms with E-state index in [9.17, 15) is 4.79 Å². The van der Waals surface area contributed by atoms with Gasteiger partial charge in [0.15, 0.2) is 0 Å². The number of Topliss-reactive ketones (excluding diaryl/α,β-unsaturated/α-hetero) is 1. The third kappa shape index (κ3) is 5.66. The van der Waals surface area contributed by atoms with Crippen molar-refractivity contribution in [2.24, 2.45) is 40.4 Å². The van der Waals surface area contributed by atoms with Crippen LogP contribution < -0.4 is 10.4 Å². The second-order valence-electron chi connectivity index (χ2n) is 17.4. The number of carbonyl (C=O) groups excluding carboxylic acids is 1. The van der Waals surface area contributed by atoms with Gasteiger partial charge in [-0.05, 0) is 101 Å². The Morgan fingerprint density at radius 3 is 2.04 bits per heavy atom. The molecule has 0 heterocycles. The number of hydrogen-bond acceptors (Lipinski definition) is 2. The molecule has 0 aromatic heterocycles. The molecule has 0 bridgehead atoms. The normalized spacial score (nSPS) is 31.8. The number of fused-ring (bicyclic) bond motifs is 5. The van der Waals surface area contributed by atoms with Gasteiger partial charge in [0, 0.05) is 18.4 Å². The van der Waals surface area contributed by atoms with Crippen LogP contribution in [0.4, 0.5) is 0 Å². The molecule has 4 aliphatic rings. The lowest BCUT2D eigenvalue weighted by Gasteiger charge is -2.58. The van der Waals surface area contributed by atoms with E-state index in [1.54, 1.807) is 5.57 Å². The predicted octanol–water partition coefficient (Wildman–Crippen LogP) is 10.1. The first-order chi connectivity index (χ1) is 21.8.